The van der Waals surface area contributed by atoms with Crippen LogP contribution in [0.15, 0.2) is 30.3 Å². The maximum absolute atomic E-state index is 15.2. The Bertz CT molecular complexity index is 784. The average molecular weight is 367 g/mol. The number of aromatic nitrogens is 1. The van der Waals surface area contributed by atoms with Gasteiger partial charge in [0.2, 0.25) is 0 Å². The number of pyridine rings is 1. The fourth-order valence-corrected chi connectivity index (χ4v) is 3.39. The first kappa shape index (κ1) is 18.8. The molecule has 1 aliphatic carbocycles. The summed E-state index contributed by atoms with van der Waals surface area (Å²) in [6.07, 6.45) is -4.55. The minimum atomic E-state index is -4.45. The first-order chi connectivity index (χ1) is 12.2. The Morgan fingerprint density at radius 3 is 2.38 bits per heavy atom. The van der Waals surface area contributed by atoms with Crippen LogP contribution in [0.4, 0.5) is 17.6 Å². The van der Waals surface area contributed by atoms with Gasteiger partial charge in [-0.3, -0.25) is 4.98 Å². The molecule has 0 spiro atoms. The van der Waals surface area contributed by atoms with Crippen LogP contribution in [0.3, 0.4) is 0 Å². The summed E-state index contributed by atoms with van der Waals surface area (Å²) >= 11 is 0. The fourth-order valence-electron chi connectivity index (χ4n) is 3.39. The van der Waals surface area contributed by atoms with Gasteiger partial charge in [-0.25, -0.2) is 4.39 Å². The molecule has 0 amide bonds. The zero-order valence-electron chi connectivity index (χ0n) is 14.6. The second-order valence-corrected chi connectivity index (χ2v) is 7.04. The lowest BCUT2D eigenvalue weighted by molar-refractivity contribution is -0.137. The first-order valence-corrected chi connectivity index (χ1v) is 8.71. The van der Waals surface area contributed by atoms with Crippen LogP contribution in [-0.2, 0) is 12.6 Å². The van der Waals surface area contributed by atoms with Crippen molar-refractivity contribution in [1.29, 1.82) is 0 Å². The van der Waals surface area contributed by atoms with E-state index in [2.05, 4.69) is 4.98 Å². The molecule has 2 atom stereocenters. The van der Waals surface area contributed by atoms with Crippen molar-refractivity contribution >= 4 is 0 Å². The third-order valence-corrected chi connectivity index (χ3v) is 4.80. The number of alkyl halides is 4. The molecule has 0 radical (unpaired) electrons. The van der Waals surface area contributed by atoms with Gasteiger partial charge in [0, 0.05) is 22.5 Å². The van der Waals surface area contributed by atoms with Crippen LogP contribution < -0.4 is 0 Å². The highest BCUT2D eigenvalue weighted by molar-refractivity contribution is 5.41. The summed E-state index contributed by atoms with van der Waals surface area (Å²) in [6, 6.07) is 5.74. The number of hydrogen-bond acceptors (Lipinski definition) is 2. The maximum atomic E-state index is 15.2. The monoisotopic (exact) mass is 367 g/mol. The molecule has 1 aliphatic rings. The van der Waals surface area contributed by atoms with Crippen LogP contribution in [0.25, 0.3) is 0 Å². The lowest BCUT2D eigenvalue weighted by Crippen LogP contribution is -2.16. The second-order valence-electron chi connectivity index (χ2n) is 7.04. The number of aryl methyl sites for hydroxylation is 1. The molecule has 3 rings (SSSR count). The lowest BCUT2D eigenvalue weighted by atomic mass is 9.88. The zero-order valence-corrected chi connectivity index (χ0v) is 14.6. The molecule has 1 aromatic heterocycles. The Balaban J connectivity index is 2.03. The summed E-state index contributed by atoms with van der Waals surface area (Å²) in [5.74, 6) is -0.0398. The molecule has 140 valence electrons. The van der Waals surface area contributed by atoms with Gasteiger partial charge in [-0.2, -0.15) is 13.2 Å². The highest BCUT2D eigenvalue weighted by Gasteiger charge is 2.31. The topological polar surface area (TPSA) is 33.1 Å². The summed E-state index contributed by atoms with van der Waals surface area (Å²) in [5.41, 5.74) is 1.66. The molecule has 0 aliphatic heterocycles. The number of halogens is 4. The minimum absolute atomic E-state index is 0.0398. The number of nitrogens with zero attached hydrogens (tertiary/aromatic N) is 1. The lowest BCUT2D eigenvalue weighted by Gasteiger charge is -2.25. The van der Waals surface area contributed by atoms with E-state index in [0.717, 1.165) is 42.8 Å². The van der Waals surface area contributed by atoms with E-state index in [1.165, 1.54) is 0 Å². The quantitative estimate of drug-likeness (QED) is 0.711. The van der Waals surface area contributed by atoms with Crippen LogP contribution in [-0.4, -0.2) is 10.1 Å². The smallest absolute Gasteiger partial charge is 0.388 e. The van der Waals surface area contributed by atoms with E-state index in [4.69, 9.17) is 0 Å². The van der Waals surface area contributed by atoms with Gasteiger partial charge in [-0.15, -0.1) is 0 Å². The van der Waals surface area contributed by atoms with E-state index in [9.17, 15) is 18.3 Å². The third kappa shape index (κ3) is 3.61. The van der Waals surface area contributed by atoms with Gasteiger partial charge in [0.15, 0.2) is 6.17 Å². The molecule has 0 bridgehead atoms. The van der Waals surface area contributed by atoms with Gasteiger partial charge in [0.05, 0.1) is 11.7 Å². The number of fused-ring (bicyclic) bond motifs is 1. The predicted octanol–water partition coefficient (Wildman–Crippen LogP) is 5.65. The van der Waals surface area contributed by atoms with E-state index < -0.39 is 24.0 Å². The van der Waals surface area contributed by atoms with E-state index >= 15 is 4.39 Å². The maximum Gasteiger partial charge on any atom is 0.416 e. The predicted molar refractivity (Wildman–Crippen MR) is 90.6 cm³/mol. The molecule has 26 heavy (non-hydrogen) atoms. The Hall–Kier alpha value is -1.95. The number of rotatable bonds is 3. The Morgan fingerprint density at radius 2 is 1.81 bits per heavy atom. The van der Waals surface area contributed by atoms with Crippen molar-refractivity contribution in [2.45, 2.75) is 57.5 Å². The second kappa shape index (κ2) is 6.99. The molecule has 0 fully saturated rings. The van der Waals surface area contributed by atoms with Gasteiger partial charge in [-0.1, -0.05) is 26.0 Å². The molecule has 1 N–H and O–H groups in total. The molecular weight excluding hydrogens is 346 g/mol. The van der Waals surface area contributed by atoms with E-state index in [0.29, 0.717) is 23.2 Å². The van der Waals surface area contributed by atoms with Gasteiger partial charge < -0.3 is 5.11 Å². The molecule has 1 heterocycles. The van der Waals surface area contributed by atoms with Crippen molar-refractivity contribution in [2.24, 2.45) is 0 Å². The molecular formula is C20H21F4NO. The largest absolute Gasteiger partial charge is 0.416 e. The van der Waals surface area contributed by atoms with Crippen LogP contribution >= 0.6 is 0 Å². The van der Waals surface area contributed by atoms with E-state index in [-0.39, 0.29) is 11.5 Å². The van der Waals surface area contributed by atoms with Crippen molar-refractivity contribution in [3.63, 3.8) is 0 Å². The van der Waals surface area contributed by atoms with Crippen LogP contribution in [0.1, 0.15) is 78.5 Å². The minimum Gasteiger partial charge on any atom is -0.388 e. The molecule has 2 unspecified atom stereocenters. The van der Waals surface area contributed by atoms with Crippen molar-refractivity contribution in [1.82, 2.24) is 4.98 Å². The third-order valence-electron chi connectivity index (χ3n) is 4.80. The Morgan fingerprint density at radius 1 is 1.15 bits per heavy atom. The molecule has 2 aromatic rings. The summed E-state index contributed by atoms with van der Waals surface area (Å²) < 4.78 is 53.4. The summed E-state index contributed by atoms with van der Waals surface area (Å²) in [6.45, 7) is 3.80. The van der Waals surface area contributed by atoms with Gasteiger partial charge >= 0.3 is 6.18 Å². The SMILES string of the molecule is CC(C)c1nc2c(cc1C(F)c1ccc(C(F)(F)F)cc1)C(O)CCC2. The molecule has 6 heteroatoms. The summed E-state index contributed by atoms with van der Waals surface area (Å²) in [5, 5.41) is 10.2. The number of benzene rings is 1. The summed E-state index contributed by atoms with van der Waals surface area (Å²) in [7, 11) is 0. The number of aliphatic hydroxyl groups excluding tert-OH is 1. The molecule has 0 saturated heterocycles. The van der Waals surface area contributed by atoms with E-state index in [1.54, 1.807) is 6.07 Å². The number of hydrogen-bond donors (Lipinski definition) is 1. The van der Waals surface area contributed by atoms with Crippen LogP contribution in [0.5, 0.6) is 0 Å². The Labute approximate surface area is 149 Å². The highest BCUT2D eigenvalue weighted by atomic mass is 19.4. The number of aliphatic hydroxyl groups is 1. The highest BCUT2D eigenvalue weighted by Crippen LogP contribution is 2.38. The van der Waals surface area contributed by atoms with E-state index in [1.807, 2.05) is 13.8 Å². The first-order valence-electron chi connectivity index (χ1n) is 8.71. The van der Waals surface area contributed by atoms with Crippen LogP contribution in [0.2, 0.25) is 0 Å². The normalized spacial score (nSPS) is 18.7. The average Bonchev–Trinajstić information content (AvgIpc) is 2.60. The van der Waals surface area contributed by atoms with Gasteiger partial charge in [0.25, 0.3) is 0 Å². The van der Waals surface area contributed by atoms with Crippen molar-refractivity contribution in [2.75, 3.05) is 0 Å². The van der Waals surface area contributed by atoms with Crippen LogP contribution in [0, 0.1) is 0 Å². The molecule has 1 aromatic carbocycles. The molecule has 2 nitrogen and oxygen atoms in total. The molecule has 0 saturated carbocycles. The van der Waals surface area contributed by atoms with Gasteiger partial charge in [-0.05, 0) is 48.9 Å². The van der Waals surface area contributed by atoms with Gasteiger partial charge in [0.1, 0.15) is 0 Å². The van der Waals surface area contributed by atoms with Crippen molar-refractivity contribution < 1.29 is 22.7 Å². The fraction of sp³-hybridized carbons (Fsp3) is 0.450. The standard InChI is InChI=1S/C20H21F4NO/c1-11(2)19-15(10-14-16(25-19)4-3-5-17(14)26)18(21)12-6-8-13(9-7-12)20(22,23)24/h6-11,17-18,26H,3-5H2,1-2H3. The van der Waals surface area contributed by atoms with Crippen molar-refractivity contribution in [3.8, 4) is 0 Å². The van der Waals surface area contributed by atoms with Crippen molar-refractivity contribution in [3.05, 3.63) is 64.0 Å². The zero-order chi connectivity index (χ0) is 19.1. The summed E-state index contributed by atoms with van der Waals surface area (Å²) in [4.78, 5) is 4.59. The Kier molecular flexibility index (Phi) is 5.06.